The summed E-state index contributed by atoms with van der Waals surface area (Å²) in [5.74, 6) is 3.55. The quantitative estimate of drug-likeness (QED) is 0.383. The highest BCUT2D eigenvalue weighted by Gasteiger charge is 2.43. The molecule has 98 valence electrons. The van der Waals surface area contributed by atoms with Gasteiger partial charge in [0.25, 0.3) is 8.32 Å². The maximum Gasteiger partial charge on any atom is 0.277 e. The summed E-state index contributed by atoms with van der Waals surface area (Å²) in [7, 11) is -2.03. The Morgan fingerprint density at radius 3 is 1.76 bits per heavy atom. The first kappa shape index (κ1) is 16.5. The molecule has 1 unspecified atom stereocenters. The summed E-state index contributed by atoms with van der Waals surface area (Å²) >= 11 is 0. The van der Waals surface area contributed by atoms with E-state index in [2.05, 4.69) is 59.6 Å². The molecule has 0 aliphatic rings. The van der Waals surface area contributed by atoms with Crippen LogP contribution in [0.2, 0.25) is 11.1 Å². The molecule has 0 N–H and O–H groups in total. The zero-order chi connectivity index (χ0) is 13.6. The molecule has 1 nitrogen and oxygen atoms in total. The molecule has 2 heteroatoms. The first-order chi connectivity index (χ1) is 7.81. The van der Waals surface area contributed by atoms with Gasteiger partial charge in [-0.3, -0.25) is 0 Å². The van der Waals surface area contributed by atoms with Crippen LogP contribution in [0.1, 0.15) is 48.5 Å². The lowest BCUT2D eigenvalue weighted by atomic mass is 10.1. The average molecular weight is 252 g/mol. The predicted octanol–water partition coefficient (Wildman–Crippen LogP) is 4.54. The third kappa shape index (κ3) is 4.01. The Morgan fingerprint density at radius 1 is 1.06 bits per heavy atom. The van der Waals surface area contributed by atoms with Crippen molar-refractivity contribution in [2.75, 3.05) is 0 Å². The van der Waals surface area contributed by atoms with Gasteiger partial charge in [0.05, 0.1) is 6.10 Å². The molecule has 0 aromatic rings. The SMILES string of the molecule is C=CC(O[Si](C#CC)(C(C)C)C(C)C)C(C)C. The molecule has 0 saturated heterocycles. The fourth-order valence-electron chi connectivity index (χ4n) is 2.13. The van der Waals surface area contributed by atoms with Gasteiger partial charge in [-0.2, -0.15) is 0 Å². The van der Waals surface area contributed by atoms with Crippen molar-refractivity contribution in [2.45, 2.75) is 65.7 Å². The van der Waals surface area contributed by atoms with Crippen LogP contribution < -0.4 is 0 Å². The zero-order valence-corrected chi connectivity index (χ0v) is 13.5. The van der Waals surface area contributed by atoms with Crippen molar-refractivity contribution in [2.24, 2.45) is 5.92 Å². The molecule has 0 radical (unpaired) electrons. The van der Waals surface area contributed by atoms with Gasteiger partial charge in [0.15, 0.2) is 0 Å². The van der Waals surface area contributed by atoms with E-state index in [-0.39, 0.29) is 6.10 Å². The fraction of sp³-hybridized carbons (Fsp3) is 0.733. The Labute approximate surface area is 109 Å². The van der Waals surface area contributed by atoms with E-state index in [1.54, 1.807) is 0 Å². The van der Waals surface area contributed by atoms with Crippen molar-refractivity contribution in [1.82, 2.24) is 0 Å². The maximum absolute atomic E-state index is 6.46. The van der Waals surface area contributed by atoms with Gasteiger partial charge < -0.3 is 4.43 Å². The van der Waals surface area contributed by atoms with Crippen LogP contribution >= 0.6 is 0 Å². The third-order valence-electron chi connectivity index (χ3n) is 3.26. The van der Waals surface area contributed by atoms with Gasteiger partial charge in [0.1, 0.15) is 0 Å². The van der Waals surface area contributed by atoms with Gasteiger partial charge in [-0.15, -0.1) is 12.5 Å². The number of rotatable bonds is 6. The van der Waals surface area contributed by atoms with Gasteiger partial charge in [0.2, 0.25) is 0 Å². The average Bonchev–Trinajstić information content (AvgIpc) is 2.22. The third-order valence-corrected chi connectivity index (χ3v) is 7.99. The van der Waals surface area contributed by atoms with Gasteiger partial charge in [-0.05, 0) is 23.9 Å². The highest BCUT2D eigenvalue weighted by Crippen LogP contribution is 2.35. The smallest absolute Gasteiger partial charge is 0.277 e. The summed E-state index contributed by atoms with van der Waals surface area (Å²) in [6.07, 6.45) is 2.04. The summed E-state index contributed by atoms with van der Waals surface area (Å²) in [6, 6.07) is 0. The summed E-state index contributed by atoms with van der Waals surface area (Å²) in [5, 5.41) is 0. The standard InChI is InChI=1S/C15H28OSi/c1-9-11-17(13(5)6,14(7)8)16-15(10-2)12(3)4/h10,12-15H,2H2,1,3-8H3. The van der Waals surface area contributed by atoms with E-state index in [4.69, 9.17) is 4.43 Å². The largest absolute Gasteiger partial charge is 0.398 e. The Hall–Kier alpha value is -0.523. The lowest BCUT2D eigenvalue weighted by Crippen LogP contribution is -2.47. The van der Waals surface area contributed by atoms with E-state index in [0.29, 0.717) is 17.0 Å². The lowest BCUT2D eigenvalue weighted by molar-refractivity contribution is 0.182. The van der Waals surface area contributed by atoms with Crippen molar-refractivity contribution in [1.29, 1.82) is 0 Å². The first-order valence-electron chi connectivity index (χ1n) is 6.56. The first-order valence-corrected chi connectivity index (χ1v) is 8.62. The zero-order valence-electron chi connectivity index (χ0n) is 12.5. The molecule has 0 amide bonds. The van der Waals surface area contributed by atoms with Crippen LogP contribution in [0.3, 0.4) is 0 Å². The molecule has 0 aromatic carbocycles. The number of hydrogen-bond acceptors (Lipinski definition) is 1. The second-order valence-electron chi connectivity index (χ2n) is 5.54. The van der Waals surface area contributed by atoms with Gasteiger partial charge in [-0.25, -0.2) is 0 Å². The molecule has 0 aromatic heterocycles. The number of hydrogen-bond donors (Lipinski definition) is 0. The summed E-state index contributed by atoms with van der Waals surface area (Å²) in [5.41, 5.74) is 4.43. The maximum atomic E-state index is 6.46. The molecule has 17 heavy (non-hydrogen) atoms. The van der Waals surface area contributed by atoms with Crippen LogP contribution in [0.5, 0.6) is 0 Å². The van der Waals surface area contributed by atoms with Crippen molar-refractivity contribution in [3.05, 3.63) is 12.7 Å². The second-order valence-corrected chi connectivity index (χ2v) is 9.92. The molecule has 0 spiro atoms. The Kier molecular flexibility index (Phi) is 6.82. The molecule has 0 aliphatic heterocycles. The van der Waals surface area contributed by atoms with E-state index >= 15 is 0 Å². The van der Waals surface area contributed by atoms with Crippen LogP contribution in [-0.2, 0) is 4.43 Å². The highest BCUT2D eigenvalue weighted by atomic mass is 28.4. The van der Waals surface area contributed by atoms with Crippen molar-refractivity contribution >= 4 is 8.32 Å². The minimum absolute atomic E-state index is 0.118. The molecule has 0 aliphatic carbocycles. The summed E-state index contributed by atoms with van der Waals surface area (Å²) in [4.78, 5) is 0. The minimum atomic E-state index is -2.03. The Balaban J connectivity index is 5.28. The van der Waals surface area contributed by atoms with E-state index in [0.717, 1.165) is 0 Å². The van der Waals surface area contributed by atoms with Crippen LogP contribution in [-0.4, -0.2) is 14.4 Å². The molecular weight excluding hydrogens is 224 g/mol. The van der Waals surface area contributed by atoms with E-state index in [1.807, 2.05) is 13.0 Å². The van der Waals surface area contributed by atoms with E-state index < -0.39 is 8.32 Å². The fourth-order valence-corrected chi connectivity index (χ4v) is 5.86. The summed E-state index contributed by atoms with van der Waals surface area (Å²) in [6.45, 7) is 19.1. The van der Waals surface area contributed by atoms with Crippen molar-refractivity contribution < 1.29 is 4.43 Å². The normalized spacial score (nSPS) is 13.8. The summed E-state index contributed by atoms with van der Waals surface area (Å²) < 4.78 is 6.46. The van der Waals surface area contributed by atoms with Crippen LogP contribution in [0.25, 0.3) is 0 Å². The van der Waals surface area contributed by atoms with Crippen molar-refractivity contribution in [3.63, 3.8) is 0 Å². The van der Waals surface area contributed by atoms with Crippen LogP contribution in [0.4, 0.5) is 0 Å². The minimum Gasteiger partial charge on any atom is -0.398 e. The molecule has 0 heterocycles. The van der Waals surface area contributed by atoms with Crippen LogP contribution in [0.15, 0.2) is 12.7 Å². The Morgan fingerprint density at radius 2 is 1.53 bits per heavy atom. The predicted molar refractivity (Wildman–Crippen MR) is 79.3 cm³/mol. The molecular formula is C15H28OSi. The van der Waals surface area contributed by atoms with E-state index in [9.17, 15) is 0 Å². The monoisotopic (exact) mass is 252 g/mol. The van der Waals surface area contributed by atoms with E-state index in [1.165, 1.54) is 0 Å². The van der Waals surface area contributed by atoms with Crippen LogP contribution in [0, 0.1) is 17.4 Å². The Bertz CT molecular complexity index is 286. The lowest BCUT2D eigenvalue weighted by Gasteiger charge is -2.37. The molecule has 0 fully saturated rings. The molecule has 0 bridgehead atoms. The molecule has 1 atom stereocenters. The van der Waals surface area contributed by atoms with Gasteiger partial charge >= 0.3 is 0 Å². The van der Waals surface area contributed by atoms with Gasteiger partial charge in [0, 0.05) is 0 Å². The topological polar surface area (TPSA) is 9.23 Å². The van der Waals surface area contributed by atoms with Gasteiger partial charge in [-0.1, -0.05) is 53.2 Å². The molecule has 0 saturated carbocycles. The van der Waals surface area contributed by atoms with Crippen molar-refractivity contribution in [3.8, 4) is 11.5 Å². The molecule has 0 rings (SSSR count). The second kappa shape index (κ2) is 7.03. The highest BCUT2D eigenvalue weighted by molar-refractivity contribution is 6.84.